The number of furan rings is 1. The van der Waals surface area contributed by atoms with Gasteiger partial charge in [-0.2, -0.15) is 0 Å². The summed E-state index contributed by atoms with van der Waals surface area (Å²) in [7, 11) is 0. The number of hydrogen-bond donors (Lipinski definition) is 1. The molecule has 0 aromatic carbocycles. The summed E-state index contributed by atoms with van der Waals surface area (Å²) in [6.45, 7) is 11.7. The Morgan fingerprint density at radius 2 is 1.69 bits per heavy atom. The van der Waals surface area contributed by atoms with Gasteiger partial charge >= 0.3 is 29.8 Å². The van der Waals surface area contributed by atoms with Crippen molar-refractivity contribution in [1.29, 1.82) is 0 Å². The lowest BCUT2D eigenvalue weighted by Gasteiger charge is -2.65. The van der Waals surface area contributed by atoms with Gasteiger partial charge in [0.2, 0.25) is 0 Å². The highest BCUT2D eigenvalue weighted by Gasteiger charge is 2.86. The molecule has 1 aromatic rings. The zero-order valence-corrected chi connectivity index (χ0v) is 27.1. The first-order valence-electron chi connectivity index (χ1n) is 15.3. The second-order valence-electron chi connectivity index (χ2n) is 13.1. The molecule has 1 spiro atoms. The minimum absolute atomic E-state index is 0.0283. The molecule has 0 unspecified atom stereocenters. The molecular weight excluding hydrogens is 592 g/mol. The smallest absolute Gasteiger partial charge is 0.341 e. The van der Waals surface area contributed by atoms with E-state index in [1.54, 1.807) is 34.6 Å². The van der Waals surface area contributed by atoms with Crippen molar-refractivity contribution < 1.29 is 61.9 Å². The van der Waals surface area contributed by atoms with Crippen molar-refractivity contribution in [3.8, 4) is 0 Å². The van der Waals surface area contributed by atoms with Gasteiger partial charge in [0, 0.05) is 32.6 Å². The fourth-order valence-corrected chi connectivity index (χ4v) is 7.46. The molecule has 4 rings (SSSR count). The molecule has 45 heavy (non-hydrogen) atoms. The van der Waals surface area contributed by atoms with Crippen LogP contribution in [0.15, 0.2) is 23.0 Å². The van der Waals surface area contributed by atoms with Crippen LogP contribution in [0.1, 0.15) is 91.4 Å². The fourth-order valence-electron chi connectivity index (χ4n) is 7.46. The molecule has 1 N–H and O–H groups in total. The maximum absolute atomic E-state index is 13.6. The zero-order valence-electron chi connectivity index (χ0n) is 27.1. The van der Waals surface area contributed by atoms with Gasteiger partial charge in [-0.1, -0.05) is 20.8 Å². The van der Waals surface area contributed by atoms with Crippen molar-refractivity contribution in [2.45, 2.75) is 122 Å². The van der Waals surface area contributed by atoms with E-state index in [1.807, 2.05) is 0 Å². The lowest BCUT2D eigenvalue weighted by atomic mass is 9.46. The fraction of sp³-hybridized carbons (Fsp3) is 0.719. The largest absolute Gasteiger partial charge is 0.472 e. The minimum atomic E-state index is -2.01. The Morgan fingerprint density at radius 1 is 1.00 bits per heavy atom. The van der Waals surface area contributed by atoms with Crippen molar-refractivity contribution >= 4 is 29.8 Å². The van der Waals surface area contributed by atoms with Gasteiger partial charge in [-0.25, -0.2) is 4.79 Å². The monoisotopic (exact) mass is 636 g/mol. The first-order valence-corrected chi connectivity index (χ1v) is 15.3. The van der Waals surface area contributed by atoms with Crippen LogP contribution < -0.4 is 0 Å². The minimum Gasteiger partial charge on any atom is -0.472 e. The topological polar surface area (TPSA) is 174 Å². The summed E-state index contributed by atoms with van der Waals surface area (Å²) in [5.74, 6) is -4.79. The quantitative estimate of drug-likeness (QED) is 0.293. The highest BCUT2D eigenvalue weighted by molar-refractivity contribution is 5.89. The van der Waals surface area contributed by atoms with E-state index >= 15 is 0 Å². The maximum atomic E-state index is 13.6. The number of esters is 5. The Morgan fingerprint density at radius 3 is 2.24 bits per heavy atom. The second-order valence-corrected chi connectivity index (χ2v) is 13.1. The van der Waals surface area contributed by atoms with Crippen LogP contribution in [0.25, 0.3) is 0 Å². The van der Waals surface area contributed by atoms with E-state index in [1.165, 1.54) is 39.4 Å². The van der Waals surface area contributed by atoms with E-state index < -0.39 is 94.9 Å². The second kappa shape index (κ2) is 12.4. The molecule has 1 aromatic heterocycles. The molecule has 13 heteroatoms. The van der Waals surface area contributed by atoms with E-state index in [-0.39, 0.29) is 24.8 Å². The standard InChI is InChI=1S/C32H44O13/c1-9-17(3)27(36)44-26-22(42-24(35)10-2)14-30(8,38)32-25(41-19(5)34)21(29(6,7)45-32)13-23(31(26,32)16-40-18(4)33)43-28(37)20-11-12-39-15-20/h11-12,15,17,21-23,25-26,38H,9-10,13-14,16H2,1-8H3/t17-,21+,22-,23-,25+,26-,30-,31+,32-/m1/s1. The Bertz CT molecular complexity index is 1300. The number of carbonyl (C=O) groups excluding carboxylic acids is 5. The number of ether oxygens (including phenoxy) is 6. The molecule has 2 saturated carbocycles. The molecule has 1 saturated heterocycles. The summed E-state index contributed by atoms with van der Waals surface area (Å²) in [6.07, 6.45) is -2.76. The van der Waals surface area contributed by atoms with Crippen molar-refractivity contribution in [2.24, 2.45) is 17.3 Å². The summed E-state index contributed by atoms with van der Waals surface area (Å²) < 4.78 is 41.8. The van der Waals surface area contributed by atoms with Crippen LogP contribution >= 0.6 is 0 Å². The van der Waals surface area contributed by atoms with Crippen LogP contribution in [0, 0.1) is 17.3 Å². The van der Waals surface area contributed by atoms with Gasteiger partial charge in [0.05, 0.1) is 28.9 Å². The highest BCUT2D eigenvalue weighted by Crippen LogP contribution is 2.69. The first-order chi connectivity index (χ1) is 21.0. The summed E-state index contributed by atoms with van der Waals surface area (Å²) in [5, 5.41) is 12.5. The molecule has 3 aliphatic rings. The Hall–Kier alpha value is -3.45. The normalized spacial score (nSPS) is 35.4. The van der Waals surface area contributed by atoms with Gasteiger partial charge in [-0.15, -0.1) is 0 Å². The molecule has 250 valence electrons. The maximum Gasteiger partial charge on any atom is 0.341 e. The van der Waals surface area contributed by atoms with Gasteiger partial charge in [-0.3, -0.25) is 19.2 Å². The Labute approximate surface area is 262 Å². The lowest BCUT2D eigenvalue weighted by Crippen LogP contribution is -2.83. The van der Waals surface area contributed by atoms with Gasteiger partial charge in [0.25, 0.3) is 0 Å². The molecule has 2 heterocycles. The van der Waals surface area contributed by atoms with Crippen LogP contribution in [0.2, 0.25) is 0 Å². The molecule has 0 amide bonds. The third-order valence-electron chi connectivity index (χ3n) is 9.70. The van der Waals surface area contributed by atoms with Gasteiger partial charge in [-0.05, 0) is 39.7 Å². The van der Waals surface area contributed by atoms with Crippen LogP contribution in [0.3, 0.4) is 0 Å². The third-order valence-corrected chi connectivity index (χ3v) is 9.70. The Kier molecular flexibility index (Phi) is 9.48. The van der Waals surface area contributed by atoms with Gasteiger partial charge in [0.1, 0.15) is 36.6 Å². The van der Waals surface area contributed by atoms with E-state index in [2.05, 4.69) is 0 Å². The molecule has 0 radical (unpaired) electrons. The summed E-state index contributed by atoms with van der Waals surface area (Å²) >= 11 is 0. The van der Waals surface area contributed by atoms with E-state index in [9.17, 15) is 29.1 Å². The van der Waals surface area contributed by atoms with Crippen molar-refractivity contribution in [3.63, 3.8) is 0 Å². The first kappa shape index (κ1) is 34.4. The predicted molar refractivity (Wildman–Crippen MR) is 153 cm³/mol. The van der Waals surface area contributed by atoms with E-state index in [4.69, 9.17) is 32.8 Å². The summed E-state index contributed by atoms with van der Waals surface area (Å²) in [6, 6.07) is 1.40. The SMILES string of the molecule is CCC(=O)O[C@@H]1C[C@@](C)(O)[C@@]23OC(C)(C)[C@@H](C[C@@H](OC(=O)c4ccoc4)[C@@]2(COC(C)=O)[C@@H]1OC(=O)[C@H](C)CC)[C@@H]3OC(C)=O. The van der Waals surface area contributed by atoms with Crippen molar-refractivity contribution in [3.05, 3.63) is 24.2 Å². The average molecular weight is 637 g/mol. The van der Waals surface area contributed by atoms with Crippen LogP contribution in [-0.2, 0) is 47.6 Å². The van der Waals surface area contributed by atoms with Crippen molar-refractivity contribution in [1.82, 2.24) is 0 Å². The van der Waals surface area contributed by atoms with Gasteiger partial charge in [0.15, 0.2) is 11.7 Å². The third kappa shape index (κ3) is 5.73. The van der Waals surface area contributed by atoms with Gasteiger partial charge < -0.3 is 37.9 Å². The molecule has 9 atom stereocenters. The number of fused-ring (bicyclic) bond motifs is 1. The Balaban J connectivity index is 2.07. The number of aliphatic hydroxyl groups is 1. The molecule has 3 fully saturated rings. The summed E-state index contributed by atoms with van der Waals surface area (Å²) in [4.78, 5) is 65.1. The van der Waals surface area contributed by atoms with Crippen molar-refractivity contribution in [2.75, 3.05) is 6.61 Å². The van der Waals surface area contributed by atoms with Crippen LogP contribution in [-0.4, -0.2) is 82.8 Å². The molecule has 1 aliphatic heterocycles. The number of rotatable bonds is 10. The molecule has 2 bridgehead atoms. The molecule has 2 aliphatic carbocycles. The molecular formula is C32H44O13. The van der Waals surface area contributed by atoms with Crippen LogP contribution in [0.4, 0.5) is 0 Å². The van der Waals surface area contributed by atoms with Crippen LogP contribution in [0.5, 0.6) is 0 Å². The highest BCUT2D eigenvalue weighted by atomic mass is 16.6. The number of hydrogen-bond acceptors (Lipinski definition) is 13. The molecule has 13 nitrogen and oxygen atoms in total. The number of carbonyl (C=O) groups is 5. The zero-order chi connectivity index (χ0) is 33.5. The summed E-state index contributed by atoms with van der Waals surface area (Å²) in [5.41, 5.74) is -7.01. The predicted octanol–water partition coefficient (Wildman–Crippen LogP) is 3.29. The van der Waals surface area contributed by atoms with E-state index in [0.29, 0.717) is 6.42 Å². The lowest BCUT2D eigenvalue weighted by molar-refractivity contribution is -0.356. The average Bonchev–Trinajstić information content (AvgIpc) is 3.55. The van der Waals surface area contributed by atoms with E-state index in [0.717, 1.165) is 0 Å².